The molecule has 7 nitrogen and oxygen atoms in total. The molecule has 1 aliphatic heterocycles. The number of benzene rings is 1. The van der Waals surface area contributed by atoms with E-state index in [2.05, 4.69) is 15.0 Å². The van der Waals surface area contributed by atoms with Gasteiger partial charge in [-0.15, -0.1) is 0 Å². The summed E-state index contributed by atoms with van der Waals surface area (Å²) in [5.74, 6) is 1.15. The Balaban J connectivity index is 1.63. The SMILES string of the molecule is COc1ccc(-c2cnc(N)nc2[C@H]2CCCN(C(=O)c3ccncc3)C2)cc1. The zero-order valence-corrected chi connectivity index (χ0v) is 16.3. The molecule has 1 atom stereocenters. The number of hydrogen-bond acceptors (Lipinski definition) is 6. The summed E-state index contributed by atoms with van der Waals surface area (Å²) < 4.78 is 5.25. The van der Waals surface area contributed by atoms with Gasteiger partial charge in [0.25, 0.3) is 5.91 Å². The highest BCUT2D eigenvalue weighted by atomic mass is 16.5. The van der Waals surface area contributed by atoms with Crippen molar-refractivity contribution in [1.29, 1.82) is 0 Å². The molecule has 1 fully saturated rings. The monoisotopic (exact) mass is 389 g/mol. The fourth-order valence-corrected chi connectivity index (χ4v) is 3.78. The minimum absolute atomic E-state index is 0.0186. The first-order valence-corrected chi connectivity index (χ1v) is 9.62. The number of hydrogen-bond donors (Lipinski definition) is 1. The molecule has 4 rings (SSSR count). The van der Waals surface area contributed by atoms with Gasteiger partial charge in [0.15, 0.2) is 0 Å². The van der Waals surface area contributed by atoms with Crippen LogP contribution in [-0.2, 0) is 0 Å². The Hall–Kier alpha value is -3.48. The number of likely N-dealkylation sites (tertiary alicyclic amines) is 1. The molecule has 0 bridgehead atoms. The molecule has 7 heteroatoms. The molecule has 0 spiro atoms. The summed E-state index contributed by atoms with van der Waals surface area (Å²) in [5.41, 5.74) is 9.38. The molecule has 0 radical (unpaired) electrons. The number of nitrogens with two attached hydrogens (primary N) is 1. The van der Waals surface area contributed by atoms with Gasteiger partial charge < -0.3 is 15.4 Å². The number of rotatable bonds is 4. The summed E-state index contributed by atoms with van der Waals surface area (Å²) in [5, 5.41) is 0. The van der Waals surface area contributed by atoms with Crippen molar-refractivity contribution in [3.05, 3.63) is 66.2 Å². The normalized spacial score (nSPS) is 16.4. The van der Waals surface area contributed by atoms with E-state index in [1.165, 1.54) is 0 Å². The molecular weight excluding hydrogens is 366 g/mol. The average Bonchev–Trinajstić information content (AvgIpc) is 2.79. The minimum Gasteiger partial charge on any atom is -0.497 e. The summed E-state index contributed by atoms with van der Waals surface area (Å²) in [6.45, 7) is 1.33. The molecule has 0 aliphatic carbocycles. The molecule has 1 aliphatic rings. The maximum atomic E-state index is 12.9. The van der Waals surface area contributed by atoms with Crippen LogP contribution in [0.25, 0.3) is 11.1 Å². The third-order valence-corrected chi connectivity index (χ3v) is 5.26. The highest BCUT2D eigenvalue weighted by Crippen LogP contribution is 2.34. The fourth-order valence-electron chi connectivity index (χ4n) is 3.78. The molecule has 2 N–H and O–H groups in total. The van der Waals surface area contributed by atoms with E-state index in [1.807, 2.05) is 29.2 Å². The Kier molecular flexibility index (Phi) is 5.37. The number of carbonyl (C=O) groups excluding carboxylic acids is 1. The van der Waals surface area contributed by atoms with Crippen LogP contribution in [-0.4, -0.2) is 46.0 Å². The molecule has 0 saturated carbocycles. The van der Waals surface area contributed by atoms with E-state index in [4.69, 9.17) is 10.5 Å². The molecule has 2 aromatic heterocycles. The van der Waals surface area contributed by atoms with Crippen molar-refractivity contribution in [2.45, 2.75) is 18.8 Å². The largest absolute Gasteiger partial charge is 0.497 e. The summed E-state index contributed by atoms with van der Waals surface area (Å²) in [4.78, 5) is 27.5. The van der Waals surface area contributed by atoms with E-state index >= 15 is 0 Å². The summed E-state index contributed by atoms with van der Waals surface area (Å²) in [6.07, 6.45) is 6.90. The van der Waals surface area contributed by atoms with Crippen LogP contribution in [0.2, 0.25) is 0 Å². The number of piperidine rings is 1. The zero-order valence-electron chi connectivity index (χ0n) is 16.3. The molecule has 29 heavy (non-hydrogen) atoms. The predicted octanol–water partition coefficient (Wildman–Crippen LogP) is 3.15. The van der Waals surface area contributed by atoms with E-state index in [1.54, 1.807) is 37.8 Å². The number of ether oxygens (including phenoxy) is 1. The summed E-state index contributed by atoms with van der Waals surface area (Å²) in [7, 11) is 1.64. The fraction of sp³-hybridized carbons (Fsp3) is 0.273. The second-order valence-corrected chi connectivity index (χ2v) is 7.08. The van der Waals surface area contributed by atoms with Gasteiger partial charge in [-0.3, -0.25) is 9.78 Å². The molecule has 1 saturated heterocycles. The van der Waals surface area contributed by atoms with E-state index < -0.39 is 0 Å². The van der Waals surface area contributed by atoms with Gasteiger partial charge in [0.05, 0.1) is 12.8 Å². The molecule has 0 unspecified atom stereocenters. The number of pyridine rings is 1. The van der Waals surface area contributed by atoms with Crippen molar-refractivity contribution in [3.8, 4) is 16.9 Å². The Morgan fingerprint density at radius 2 is 1.93 bits per heavy atom. The maximum absolute atomic E-state index is 12.9. The third-order valence-electron chi connectivity index (χ3n) is 5.26. The van der Waals surface area contributed by atoms with Crippen LogP contribution in [0.5, 0.6) is 5.75 Å². The van der Waals surface area contributed by atoms with Crippen LogP contribution in [0, 0.1) is 0 Å². The van der Waals surface area contributed by atoms with Crippen molar-refractivity contribution in [2.75, 3.05) is 25.9 Å². The first-order valence-electron chi connectivity index (χ1n) is 9.62. The van der Waals surface area contributed by atoms with E-state index in [0.717, 1.165) is 42.0 Å². The number of carbonyl (C=O) groups is 1. The van der Waals surface area contributed by atoms with Crippen molar-refractivity contribution in [3.63, 3.8) is 0 Å². The van der Waals surface area contributed by atoms with Crippen LogP contribution in [0.3, 0.4) is 0 Å². The van der Waals surface area contributed by atoms with Gasteiger partial charge in [0.2, 0.25) is 5.95 Å². The first-order chi connectivity index (χ1) is 14.2. The Morgan fingerprint density at radius 3 is 2.66 bits per heavy atom. The highest BCUT2D eigenvalue weighted by Gasteiger charge is 2.28. The van der Waals surface area contributed by atoms with Crippen LogP contribution < -0.4 is 10.5 Å². The van der Waals surface area contributed by atoms with E-state index in [-0.39, 0.29) is 17.8 Å². The minimum atomic E-state index is 0.0186. The standard InChI is InChI=1S/C22H23N5O2/c1-29-18-6-4-15(5-7-18)19-13-25-22(23)26-20(19)17-3-2-12-27(14-17)21(28)16-8-10-24-11-9-16/h4-11,13,17H,2-3,12,14H2,1H3,(H2,23,25,26)/t17-/m0/s1. The van der Waals surface area contributed by atoms with Gasteiger partial charge in [0, 0.05) is 48.7 Å². The Bertz CT molecular complexity index is 992. The van der Waals surface area contributed by atoms with Gasteiger partial charge in [-0.2, -0.15) is 0 Å². The molecule has 148 valence electrons. The second kappa shape index (κ2) is 8.26. The van der Waals surface area contributed by atoms with Gasteiger partial charge in [-0.1, -0.05) is 12.1 Å². The maximum Gasteiger partial charge on any atom is 0.253 e. The predicted molar refractivity (Wildman–Crippen MR) is 111 cm³/mol. The van der Waals surface area contributed by atoms with Gasteiger partial charge in [0.1, 0.15) is 5.75 Å². The zero-order chi connectivity index (χ0) is 20.2. The lowest BCUT2D eigenvalue weighted by molar-refractivity contribution is 0.0706. The highest BCUT2D eigenvalue weighted by molar-refractivity contribution is 5.94. The van der Waals surface area contributed by atoms with Gasteiger partial charge in [-0.05, 0) is 42.7 Å². The molecule has 3 aromatic rings. The molecule has 1 amide bonds. The molecular formula is C22H23N5O2. The van der Waals surface area contributed by atoms with Crippen molar-refractivity contribution < 1.29 is 9.53 Å². The smallest absolute Gasteiger partial charge is 0.253 e. The van der Waals surface area contributed by atoms with Gasteiger partial charge >= 0.3 is 0 Å². The van der Waals surface area contributed by atoms with Crippen LogP contribution in [0.1, 0.15) is 34.8 Å². The Morgan fingerprint density at radius 1 is 1.17 bits per heavy atom. The third kappa shape index (κ3) is 4.03. The van der Waals surface area contributed by atoms with Crippen LogP contribution in [0.15, 0.2) is 55.0 Å². The van der Waals surface area contributed by atoms with E-state index in [9.17, 15) is 4.79 Å². The lowest BCUT2D eigenvalue weighted by Gasteiger charge is -2.33. The van der Waals surface area contributed by atoms with E-state index in [0.29, 0.717) is 12.1 Å². The number of anilines is 1. The Labute approximate surface area is 169 Å². The number of amides is 1. The summed E-state index contributed by atoms with van der Waals surface area (Å²) in [6, 6.07) is 11.3. The lowest BCUT2D eigenvalue weighted by Crippen LogP contribution is -2.39. The average molecular weight is 389 g/mol. The van der Waals surface area contributed by atoms with Gasteiger partial charge in [-0.25, -0.2) is 9.97 Å². The topological polar surface area (TPSA) is 94.2 Å². The van der Waals surface area contributed by atoms with Crippen molar-refractivity contribution in [2.24, 2.45) is 0 Å². The second-order valence-electron chi connectivity index (χ2n) is 7.08. The van der Waals surface area contributed by atoms with Crippen LogP contribution >= 0.6 is 0 Å². The lowest BCUT2D eigenvalue weighted by atomic mass is 9.89. The number of methoxy groups -OCH3 is 1. The molecule has 3 heterocycles. The number of nitrogen functional groups attached to an aromatic ring is 1. The van der Waals surface area contributed by atoms with Crippen molar-refractivity contribution in [1.82, 2.24) is 19.9 Å². The van der Waals surface area contributed by atoms with Crippen molar-refractivity contribution >= 4 is 11.9 Å². The summed E-state index contributed by atoms with van der Waals surface area (Å²) >= 11 is 0. The molecule has 1 aromatic carbocycles. The van der Waals surface area contributed by atoms with Crippen LogP contribution in [0.4, 0.5) is 5.95 Å². The number of aromatic nitrogens is 3. The quantitative estimate of drug-likeness (QED) is 0.737. The first kappa shape index (κ1) is 18.9. The number of nitrogens with zero attached hydrogens (tertiary/aromatic N) is 4.